The molecule has 0 saturated carbocycles. The summed E-state index contributed by atoms with van der Waals surface area (Å²) in [6, 6.07) is 0. The van der Waals surface area contributed by atoms with Crippen molar-refractivity contribution in [3.63, 3.8) is 0 Å². The molecular formula is C12H23NO3. The number of carboxylic acids is 1. The molecule has 0 rings (SSSR count). The molecule has 0 aromatic carbocycles. The molecule has 2 N–H and O–H groups in total. The van der Waals surface area contributed by atoms with Gasteiger partial charge >= 0.3 is 5.97 Å². The average molecular weight is 229 g/mol. The lowest BCUT2D eigenvalue weighted by Gasteiger charge is -2.32. The summed E-state index contributed by atoms with van der Waals surface area (Å²) in [5, 5.41) is 11.8. The molecule has 0 aliphatic heterocycles. The van der Waals surface area contributed by atoms with Crippen LogP contribution in [0.2, 0.25) is 0 Å². The third kappa shape index (κ3) is 4.21. The molecule has 16 heavy (non-hydrogen) atoms. The maximum Gasteiger partial charge on any atom is 0.305 e. The van der Waals surface area contributed by atoms with Crippen molar-refractivity contribution in [3.05, 3.63) is 0 Å². The standard InChI is InChI=1S/C12H23NO3/c1-5-9(4)11(16)13-12(6-2,7-3)8-10(14)15/h9H,5-8H2,1-4H3,(H,13,16)(H,14,15). The summed E-state index contributed by atoms with van der Waals surface area (Å²) in [6.45, 7) is 7.61. The van der Waals surface area contributed by atoms with Crippen LogP contribution in [0.4, 0.5) is 0 Å². The first-order chi connectivity index (χ1) is 7.40. The summed E-state index contributed by atoms with van der Waals surface area (Å²) in [5.74, 6) is -0.980. The molecule has 4 heteroatoms. The van der Waals surface area contributed by atoms with Gasteiger partial charge in [0.25, 0.3) is 0 Å². The van der Waals surface area contributed by atoms with Crippen LogP contribution in [0.5, 0.6) is 0 Å². The molecule has 0 radical (unpaired) electrons. The minimum Gasteiger partial charge on any atom is -0.481 e. The molecule has 0 spiro atoms. The zero-order valence-electron chi connectivity index (χ0n) is 10.7. The van der Waals surface area contributed by atoms with Gasteiger partial charge in [0, 0.05) is 11.5 Å². The Kier molecular flexibility index (Phi) is 6.08. The highest BCUT2D eigenvalue weighted by atomic mass is 16.4. The first-order valence-electron chi connectivity index (χ1n) is 5.94. The van der Waals surface area contributed by atoms with Gasteiger partial charge in [-0.2, -0.15) is 0 Å². The quantitative estimate of drug-likeness (QED) is 0.703. The highest BCUT2D eigenvalue weighted by Crippen LogP contribution is 2.20. The van der Waals surface area contributed by atoms with Crippen LogP contribution in [-0.2, 0) is 9.59 Å². The molecular weight excluding hydrogens is 206 g/mol. The third-order valence-corrected chi connectivity index (χ3v) is 3.29. The van der Waals surface area contributed by atoms with E-state index >= 15 is 0 Å². The van der Waals surface area contributed by atoms with Crippen LogP contribution in [0.1, 0.15) is 53.4 Å². The van der Waals surface area contributed by atoms with Crippen LogP contribution < -0.4 is 5.32 Å². The van der Waals surface area contributed by atoms with Crippen LogP contribution in [0.25, 0.3) is 0 Å². The third-order valence-electron chi connectivity index (χ3n) is 3.29. The van der Waals surface area contributed by atoms with Crippen LogP contribution >= 0.6 is 0 Å². The van der Waals surface area contributed by atoms with Gasteiger partial charge < -0.3 is 10.4 Å². The number of rotatable bonds is 7. The van der Waals surface area contributed by atoms with E-state index in [1.54, 1.807) is 0 Å². The number of carbonyl (C=O) groups excluding carboxylic acids is 1. The minimum atomic E-state index is -0.867. The van der Waals surface area contributed by atoms with Gasteiger partial charge in [-0.05, 0) is 19.3 Å². The van der Waals surface area contributed by atoms with Crippen molar-refractivity contribution in [1.82, 2.24) is 5.32 Å². The molecule has 1 atom stereocenters. The molecule has 0 saturated heterocycles. The molecule has 0 aromatic rings. The Morgan fingerprint density at radius 1 is 1.25 bits per heavy atom. The lowest BCUT2D eigenvalue weighted by atomic mass is 9.88. The van der Waals surface area contributed by atoms with Crippen LogP contribution in [0.3, 0.4) is 0 Å². The van der Waals surface area contributed by atoms with E-state index in [4.69, 9.17) is 5.11 Å². The van der Waals surface area contributed by atoms with Crippen LogP contribution in [-0.4, -0.2) is 22.5 Å². The zero-order chi connectivity index (χ0) is 12.8. The van der Waals surface area contributed by atoms with Crippen molar-refractivity contribution in [2.45, 2.75) is 58.9 Å². The van der Waals surface area contributed by atoms with E-state index in [0.717, 1.165) is 6.42 Å². The number of carboxylic acid groups (broad SMARTS) is 1. The first kappa shape index (κ1) is 14.9. The van der Waals surface area contributed by atoms with Gasteiger partial charge in [-0.1, -0.05) is 27.7 Å². The van der Waals surface area contributed by atoms with E-state index in [1.807, 2.05) is 27.7 Å². The Balaban J connectivity index is 4.66. The predicted molar refractivity (Wildman–Crippen MR) is 63.2 cm³/mol. The predicted octanol–water partition coefficient (Wildman–Crippen LogP) is 2.18. The summed E-state index contributed by atoms with van der Waals surface area (Å²) in [6.07, 6.45) is 2.03. The number of hydrogen-bond donors (Lipinski definition) is 2. The van der Waals surface area contributed by atoms with Gasteiger partial charge in [-0.25, -0.2) is 0 Å². The van der Waals surface area contributed by atoms with Gasteiger partial charge in [0.15, 0.2) is 0 Å². The smallest absolute Gasteiger partial charge is 0.305 e. The number of nitrogens with one attached hydrogen (secondary N) is 1. The summed E-state index contributed by atoms with van der Waals surface area (Å²) in [4.78, 5) is 22.6. The van der Waals surface area contributed by atoms with Crippen molar-refractivity contribution in [3.8, 4) is 0 Å². The average Bonchev–Trinajstić information content (AvgIpc) is 2.26. The summed E-state index contributed by atoms with van der Waals surface area (Å²) in [7, 11) is 0. The van der Waals surface area contributed by atoms with Gasteiger partial charge in [0.1, 0.15) is 0 Å². The molecule has 0 fully saturated rings. The maximum atomic E-state index is 11.8. The fourth-order valence-electron chi connectivity index (χ4n) is 1.58. The number of aliphatic carboxylic acids is 1. The topological polar surface area (TPSA) is 66.4 Å². The Labute approximate surface area is 97.4 Å². The van der Waals surface area contributed by atoms with E-state index in [1.165, 1.54) is 0 Å². The number of hydrogen-bond acceptors (Lipinski definition) is 2. The maximum absolute atomic E-state index is 11.8. The fourth-order valence-corrected chi connectivity index (χ4v) is 1.58. The Morgan fingerprint density at radius 2 is 1.75 bits per heavy atom. The summed E-state index contributed by atoms with van der Waals surface area (Å²) < 4.78 is 0. The first-order valence-corrected chi connectivity index (χ1v) is 5.94. The molecule has 0 aromatic heterocycles. The van der Waals surface area contributed by atoms with Crippen molar-refractivity contribution in [2.24, 2.45) is 5.92 Å². The Hall–Kier alpha value is -1.06. The Morgan fingerprint density at radius 3 is 2.06 bits per heavy atom. The van der Waals surface area contributed by atoms with Gasteiger partial charge in [-0.15, -0.1) is 0 Å². The number of carbonyl (C=O) groups is 2. The van der Waals surface area contributed by atoms with Crippen molar-refractivity contribution >= 4 is 11.9 Å². The molecule has 0 aliphatic carbocycles. The molecule has 0 bridgehead atoms. The van der Waals surface area contributed by atoms with Crippen molar-refractivity contribution in [1.29, 1.82) is 0 Å². The fraction of sp³-hybridized carbons (Fsp3) is 0.833. The molecule has 94 valence electrons. The molecule has 1 unspecified atom stereocenters. The lowest BCUT2D eigenvalue weighted by Crippen LogP contribution is -2.50. The van der Waals surface area contributed by atoms with Gasteiger partial charge in [0.2, 0.25) is 5.91 Å². The number of amides is 1. The van der Waals surface area contributed by atoms with Crippen molar-refractivity contribution in [2.75, 3.05) is 0 Å². The second-order valence-electron chi connectivity index (χ2n) is 4.36. The van der Waals surface area contributed by atoms with Crippen molar-refractivity contribution < 1.29 is 14.7 Å². The summed E-state index contributed by atoms with van der Waals surface area (Å²) >= 11 is 0. The zero-order valence-corrected chi connectivity index (χ0v) is 10.7. The van der Waals surface area contributed by atoms with Crippen LogP contribution in [0, 0.1) is 5.92 Å². The highest BCUT2D eigenvalue weighted by Gasteiger charge is 2.31. The SMILES string of the molecule is CCC(C)C(=O)NC(CC)(CC)CC(=O)O. The molecule has 0 aliphatic rings. The normalized spacial score (nSPS) is 13.2. The van der Waals surface area contributed by atoms with Crippen LogP contribution in [0.15, 0.2) is 0 Å². The molecule has 4 nitrogen and oxygen atoms in total. The van der Waals surface area contributed by atoms with Gasteiger partial charge in [-0.3, -0.25) is 9.59 Å². The second-order valence-corrected chi connectivity index (χ2v) is 4.36. The summed E-state index contributed by atoms with van der Waals surface area (Å²) in [5.41, 5.74) is -0.591. The van der Waals surface area contributed by atoms with E-state index in [2.05, 4.69) is 5.32 Å². The monoisotopic (exact) mass is 229 g/mol. The van der Waals surface area contributed by atoms with E-state index < -0.39 is 11.5 Å². The minimum absolute atomic E-state index is 0.0117. The Bertz CT molecular complexity index is 247. The van der Waals surface area contributed by atoms with E-state index in [9.17, 15) is 9.59 Å². The molecule has 0 heterocycles. The second kappa shape index (κ2) is 6.51. The van der Waals surface area contributed by atoms with E-state index in [-0.39, 0.29) is 18.2 Å². The largest absolute Gasteiger partial charge is 0.481 e. The van der Waals surface area contributed by atoms with Gasteiger partial charge in [0.05, 0.1) is 6.42 Å². The molecule has 1 amide bonds. The van der Waals surface area contributed by atoms with E-state index in [0.29, 0.717) is 12.8 Å². The lowest BCUT2D eigenvalue weighted by molar-refractivity contribution is -0.139. The highest BCUT2D eigenvalue weighted by molar-refractivity contribution is 5.80.